The molecule has 0 saturated carbocycles. The van der Waals surface area contributed by atoms with Crippen LogP contribution in [-0.2, 0) is 4.74 Å². The van der Waals surface area contributed by atoms with Crippen molar-refractivity contribution in [3.63, 3.8) is 0 Å². The Bertz CT molecular complexity index is 660. The van der Waals surface area contributed by atoms with Crippen molar-refractivity contribution in [2.75, 3.05) is 38.2 Å². The lowest BCUT2D eigenvalue weighted by atomic mass is 10.2. The summed E-state index contributed by atoms with van der Waals surface area (Å²) in [6.07, 6.45) is 0. The van der Waals surface area contributed by atoms with E-state index in [4.69, 9.17) is 16.3 Å². The van der Waals surface area contributed by atoms with Crippen molar-refractivity contribution >= 4 is 34.7 Å². The number of rotatable bonds is 5. The fourth-order valence-corrected chi connectivity index (χ4v) is 3.74. The van der Waals surface area contributed by atoms with Crippen LogP contribution in [0.1, 0.15) is 10.9 Å². The first kappa shape index (κ1) is 17.2. The van der Waals surface area contributed by atoms with Gasteiger partial charge in [0.1, 0.15) is 0 Å². The minimum Gasteiger partial charge on any atom is -0.379 e. The van der Waals surface area contributed by atoms with Crippen molar-refractivity contribution in [3.05, 3.63) is 51.7 Å². The number of carbonyl (C=O) groups excluding carboxylic acids is 1. The summed E-state index contributed by atoms with van der Waals surface area (Å²) < 4.78 is 5.43. The molecule has 1 aliphatic heterocycles. The maximum atomic E-state index is 12.2. The van der Waals surface area contributed by atoms with Gasteiger partial charge >= 0.3 is 6.03 Å². The number of nitrogens with one attached hydrogen (secondary N) is 2. The Labute approximate surface area is 150 Å². The Hall–Kier alpha value is -1.60. The third-order valence-corrected chi connectivity index (χ3v) is 5.24. The predicted molar refractivity (Wildman–Crippen MR) is 97.9 cm³/mol. The highest BCUT2D eigenvalue weighted by Gasteiger charge is 2.24. The second kappa shape index (κ2) is 8.48. The molecule has 128 valence electrons. The summed E-state index contributed by atoms with van der Waals surface area (Å²) in [5, 5.41) is 8.34. The monoisotopic (exact) mass is 365 g/mol. The lowest BCUT2D eigenvalue weighted by Crippen LogP contribution is -2.44. The number of para-hydroxylation sites is 1. The van der Waals surface area contributed by atoms with Gasteiger partial charge in [-0.3, -0.25) is 4.90 Å². The molecule has 1 unspecified atom stereocenters. The van der Waals surface area contributed by atoms with Crippen LogP contribution in [0.5, 0.6) is 0 Å². The zero-order valence-electron chi connectivity index (χ0n) is 13.2. The number of halogens is 1. The van der Waals surface area contributed by atoms with Gasteiger partial charge in [-0.1, -0.05) is 29.8 Å². The van der Waals surface area contributed by atoms with Gasteiger partial charge in [0, 0.05) is 24.5 Å². The molecule has 1 fully saturated rings. The number of ether oxygens (including phenoxy) is 1. The summed E-state index contributed by atoms with van der Waals surface area (Å²) in [5.74, 6) is 0. The molecule has 1 aromatic carbocycles. The van der Waals surface area contributed by atoms with Crippen molar-refractivity contribution in [1.29, 1.82) is 0 Å². The van der Waals surface area contributed by atoms with Crippen LogP contribution in [0.15, 0.2) is 41.8 Å². The molecule has 1 aliphatic rings. The van der Waals surface area contributed by atoms with Gasteiger partial charge in [0.05, 0.1) is 30.0 Å². The molecule has 7 heteroatoms. The van der Waals surface area contributed by atoms with E-state index in [9.17, 15) is 4.79 Å². The van der Waals surface area contributed by atoms with Crippen LogP contribution in [0.2, 0.25) is 5.02 Å². The van der Waals surface area contributed by atoms with E-state index in [0.717, 1.165) is 26.3 Å². The van der Waals surface area contributed by atoms with Crippen molar-refractivity contribution in [2.45, 2.75) is 6.04 Å². The van der Waals surface area contributed by atoms with Crippen molar-refractivity contribution < 1.29 is 9.53 Å². The Morgan fingerprint density at radius 3 is 2.75 bits per heavy atom. The summed E-state index contributed by atoms with van der Waals surface area (Å²) in [6, 6.07) is 11.2. The van der Waals surface area contributed by atoms with E-state index in [-0.39, 0.29) is 12.1 Å². The van der Waals surface area contributed by atoms with Crippen LogP contribution in [0.3, 0.4) is 0 Å². The molecule has 1 aromatic heterocycles. The Kier molecular flexibility index (Phi) is 6.09. The number of morpholine rings is 1. The quantitative estimate of drug-likeness (QED) is 0.851. The molecule has 2 aromatic rings. The van der Waals surface area contributed by atoms with Gasteiger partial charge in [0.15, 0.2) is 0 Å². The molecule has 2 N–H and O–H groups in total. The van der Waals surface area contributed by atoms with E-state index >= 15 is 0 Å². The third kappa shape index (κ3) is 4.48. The second-order valence-corrected chi connectivity index (χ2v) is 6.88. The van der Waals surface area contributed by atoms with E-state index < -0.39 is 0 Å². The number of hydrogen-bond donors (Lipinski definition) is 2. The molecule has 3 rings (SSSR count). The standard InChI is InChI=1S/C17H20ClN3O2S/c18-13-4-1-2-5-14(13)20-17(22)19-12-15(16-6-3-11-24-16)21-7-9-23-10-8-21/h1-6,11,15H,7-10,12H2,(H2,19,20,22). The van der Waals surface area contributed by atoms with Crippen LogP contribution >= 0.6 is 22.9 Å². The molecule has 1 saturated heterocycles. The summed E-state index contributed by atoms with van der Waals surface area (Å²) in [5.41, 5.74) is 0.607. The summed E-state index contributed by atoms with van der Waals surface area (Å²) in [4.78, 5) is 15.8. The lowest BCUT2D eigenvalue weighted by Gasteiger charge is -2.34. The molecule has 0 bridgehead atoms. The van der Waals surface area contributed by atoms with E-state index in [1.54, 1.807) is 23.5 Å². The first-order valence-corrected chi connectivity index (χ1v) is 9.14. The SMILES string of the molecule is O=C(NCC(c1cccs1)N1CCOCC1)Nc1ccccc1Cl. The highest BCUT2D eigenvalue weighted by Crippen LogP contribution is 2.25. The van der Waals surface area contributed by atoms with Gasteiger partial charge in [0.2, 0.25) is 0 Å². The number of urea groups is 1. The number of hydrogen-bond acceptors (Lipinski definition) is 4. The first-order chi connectivity index (χ1) is 11.7. The summed E-state index contributed by atoms with van der Waals surface area (Å²) in [6.45, 7) is 3.74. The molecule has 1 atom stereocenters. The highest BCUT2D eigenvalue weighted by molar-refractivity contribution is 7.10. The molecule has 0 spiro atoms. The predicted octanol–water partition coefficient (Wildman–Crippen LogP) is 3.60. The number of amides is 2. The van der Waals surface area contributed by atoms with Gasteiger partial charge in [-0.15, -0.1) is 11.3 Å². The fourth-order valence-electron chi connectivity index (χ4n) is 2.70. The second-order valence-electron chi connectivity index (χ2n) is 5.49. The zero-order valence-corrected chi connectivity index (χ0v) is 14.8. The van der Waals surface area contributed by atoms with Crippen LogP contribution in [0, 0.1) is 0 Å². The van der Waals surface area contributed by atoms with E-state index in [0.29, 0.717) is 17.3 Å². The van der Waals surface area contributed by atoms with Crippen molar-refractivity contribution in [3.8, 4) is 0 Å². The van der Waals surface area contributed by atoms with Gasteiger partial charge in [-0.05, 0) is 23.6 Å². The average Bonchev–Trinajstić information content (AvgIpc) is 3.12. The summed E-state index contributed by atoms with van der Waals surface area (Å²) in [7, 11) is 0. The number of anilines is 1. The zero-order chi connectivity index (χ0) is 16.8. The molecular weight excluding hydrogens is 346 g/mol. The highest BCUT2D eigenvalue weighted by atomic mass is 35.5. The normalized spacial score (nSPS) is 16.5. The van der Waals surface area contributed by atoms with Crippen LogP contribution < -0.4 is 10.6 Å². The average molecular weight is 366 g/mol. The minimum absolute atomic E-state index is 0.158. The number of nitrogens with zero attached hydrogens (tertiary/aromatic N) is 1. The minimum atomic E-state index is -0.252. The largest absolute Gasteiger partial charge is 0.379 e. The first-order valence-electron chi connectivity index (χ1n) is 7.88. The molecule has 2 heterocycles. The third-order valence-electron chi connectivity index (χ3n) is 3.94. The molecule has 24 heavy (non-hydrogen) atoms. The Morgan fingerprint density at radius 1 is 1.25 bits per heavy atom. The molecule has 0 aliphatic carbocycles. The molecule has 2 amide bonds. The van der Waals surface area contributed by atoms with E-state index in [1.165, 1.54) is 4.88 Å². The maximum Gasteiger partial charge on any atom is 0.319 e. The van der Waals surface area contributed by atoms with Crippen LogP contribution in [0.4, 0.5) is 10.5 Å². The Balaban J connectivity index is 1.61. The number of thiophene rings is 1. The smallest absolute Gasteiger partial charge is 0.319 e. The maximum absolute atomic E-state index is 12.2. The number of benzene rings is 1. The van der Waals surface area contributed by atoms with E-state index in [1.807, 2.05) is 18.2 Å². The fraction of sp³-hybridized carbons (Fsp3) is 0.353. The number of carbonyl (C=O) groups is 1. The van der Waals surface area contributed by atoms with Crippen molar-refractivity contribution in [1.82, 2.24) is 10.2 Å². The van der Waals surface area contributed by atoms with Gasteiger partial charge in [0.25, 0.3) is 0 Å². The van der Waals surface area contributed by atoms with Crippen LogP contribution in [-0.4, -0.2) is 43.8 Å². The van der Waals surface area contributed by atoms with Crippen LogP contribution in [0.25, 0.3) is 0 Å². The molecule has 0 radical (unpaired) electrons. The molecule has 5 nitrogen and oxygen atoms in total. The van der Waals surface area contributed by atoms with Gasteiger partial charge < -0.3 is 15.4 Å². The lowest BCUT2D eigenvalue weighted by molar-refractivity contribution is 0.0175. The van der Waals surface area contributed by atoms with Gasteiger partial charge in [-0.2, -0.15) is 0 Å². The topological polar surface area (TPSA) is 53.6 Å². The van der Waals surface area contributed by atoms with Gasteiger partial charge in [-0.25, -0.2) is 4.79 Å². The summed E-state index contributed by atoms with van der Waals surface area (Å²) >= 11 is 7.78. The van der Waals surface area contributed by atoms with Crippen molar-refractivity contribution in [2.24, 2.45) is 0 Å². The Morgan fingerprint density at radius 2 is 2.04 bits per heavy atom. The molecular formula is C17H20ClN3O2S. The van der Waals surface area contributed by atoms with E-state index in [2.05, 4.69) is 27.0 Å².